The highest BCUT2D eigenvalue weighted by atomic mass is 32.2. The van der Waals surface area contributed by atoms with E-state index < -0.39 is 27.6 Å². The molecule has 1 aromatic rings. The van der Waals surface area contributed by atoms with Gasteiger partial charge < -0.3 is 9.84 Å². The normalized spacial score (nSPS) is 30.0. The van der Waals surface area contributed by atoms with Gasteiger partial charge in [-0.2, -0.15) is 4.31 Å². The van der Waals surface area contributed by atoms with Crippen molar-refractivity contribution < 1.29 is 31.4 Å². The lowest BCUT2D eigenvalue weighted by atomic mass is 9.72. The van der Waals surface area contributed by atoms with Crippen molar-refractivity contribution in [1.82, 2.24) is 4.31 Å². The number of fused-ring (bicyclic) bond motifs is 2. The van der Waals surface area contributed by atoms with Gasteiger partial charge in [0.25, 0.3) is 0 Å². The fourth-order valence-electron chi connectivity index (χ4n) is 4.19. The molecule has 0 unspecified atom stereocenters. The van der Waals surface area contributed by atoms with Gasteiger partial charge in [0.15, 0.2) is 0 Å². The van der Waals surface area contributed by atoms with Gasteiger partial charge in [0, 0.05) is 17.5 Å². The molecule has 2 saturated heterocycles. The SMILES string of the molecule is CC[C@@]1(CO)C[C@@H]2CC[C@H]1N2S(=O)(=O)c1ccc(OC(F)(F)F)cc1. The van der Waals surface area contributed by atoms with E-state index >= 15 is 0 Å². The highest BCUT2D eigenvalue weighted by Crippen LogP contribution is 2.53. The maximum atomic E-state index is 13.0. The molecule has 0 aromatic heterocycles. The summed E-state index contributed by atoms with van der Waals surface area (Å²) < 4.78 is 67.9. The number of alkyl halides is 3. The third-order valence-electron chi connectivity index (χ3n) is 5.44. The van der Waals surface area contributed by atoms with Gasteiger partial charge >= 0.3 is 6.36 Å². The Labute approximate surface area is 144 Å². The van der Waals surface area contributed by atoms with Crippen LogP contribution in [0, 0.1) is 5.41 Å². The summed E-state index contributed by atoms with van der Waals surface area (Å²) in [5.41, 5.74) is -0.435. The largest absolute Gasteiger partial charge is 0.573 e. The standard InChI is InChI=1S/C16H20F3NO4S/c1-2-15(10-21)9-11-3-8-14(15)20(11)25(22,23)13-6-4-12(5-7-13)24-16(17,18)19/h4-7,11,14,21H,2-3,8-10H2,1H3/t11-,14+,15-/m0/s1. The third-order valence-corrected chi connectivity index (χ3v) is 7.42. The maximum absolute atomic E-state index is 13.0. The quantitative estimate of drug-likeness (QED) is 0.854. The van der Waals surface area contributed by atoms with E-state index in [1.54, 1.807) is 0 Å². The van der Waals surface area contributed by atoms with E-state index in [1.807, 2.05) is 6.92 Å². The van der Waals surface area contributed by atoms with E-state index in [4.69, 9.17) is 0 Å². The van der Waals surface area contributed by atoms with E-state index in [2.05, 4.69) is 4.74 Å². The maximum Gasteiger partial charge on any atom is 0.573 e. The molecule has 0 amide bonds. The van der Waals surface area contributed by atoms with Gasteiger partial charge in [-0.15, -0.1) is 13.2 Å². The Bertz CT molecular complexity index is 729. The van der Waals surface area contributed by atoms with Crippen molar-refractivity contribution in [3.63, 3.8) is 0 Å². The third kappa shape index (κ3) is 3.13. The van der Waals surface area contributed by atoms with E-state index in [-0.39, 0.29) is 23.6 Å². The molecule has 2 bridgehead atoms. The molecule has 0 aliphatic carbocycles. The van der Waals surface area contributed by atoms with Crippen molar-refractivity contribution in [2.45, 2.75) is 55.9 Å². The molecule has 2 aliphatic heterocycles. The van der Waals surface area contributed by atoms with Crippen molar-refractivity contribution in [2.24, 2.45) is 5.41 Å². The monoisotopic (exact) mass is 379 g/mol. The number of ether oxygens (including phenoxy) is 1. The Kier molecular flexibility index (Phi) is 4.53. The molecule has 3 rings (SSSR count). The number of benzene rings is 1. The number of sulfonamides is 1. The second kappa shape index (κ2) is 6.14. The summed E-state index contributed by atoms with van der Waals surface area (Å²) in [7, 11) is -3.84. The number of aliphatic hydroxyl groups is 1. The minimum absolute atomic E-state index is 0.0660. The Morgan fingerprint density at radius 1 is 1.28 bits per heavy atom. The molecule has 1 N–H and O–H groups in total. The number of aliphatic hydroxyl groups excluding tert-OH is 1. The fourth-order valence-corrected chi connectivity index (χ4v) is 6.15. The average Bonchev–Trinajstić information content (AvgIpc) is 3.10. The summed E-state index contributed by atoms with van der Waals surface area (Å²) in [4.78, 5) is -0.0660. The van der Waals surface area contributed by atoms with Gasteiger partial charge in [-0.25, -0.2) is 8.42 Å². The summed E-state index contributed by atoms with van der Waals surface area (Å²) in [5, 5.41) is 9.79. The van der Waals surface area contributed by atoms with Crippen LogP contribution in [0.25, 0.3) is 0 Å². The highest BCUT2D eigenvalue weighted by Gasteiger charge is 2.58. The fraction of sp³-hybridized carbons (Fsp3) is 0.625. The molecular formula is C16H20F3NO4S. The first kappa shape index (κ1) is 18.5. The van der Waals surface area contributed by atoms with Gasteiger partial charge in [0.2, 0.25) is 10.0 Å². The van der Waals surface area contributed by atoms with Gasteiger partial charge in [-0.3, -0.25) is 0 Å². The average molecular weight is 379 g/mol. The van der Waals surface area contributed by atoms with Crippen LogP contribution in [0.2, 0.25) is 0 Å². The summed E-state index contributed by atoms with van der Waals surface area (Å²) in [6.07, 6.45) is -2.11. The van der Waals surface area contributed by atoms with Gasteiger partial charge in [0.05, 0.1) is 11.5 Å². The lowest BCUT2D eigenvalue weighted by molar-refractivity contribution is -0.274. The molecule has 2 aliphatic rings. The van der Waals surface area contributed by atoms with Crippen LogP contribution in [0.5, 0.6) is 5.75 Å². The van der Waals surface area contributed by atoms with E-state index in [1.165, 1.54) is 4.31 Å². The Morgan fingerprint density at radius 3 is 2.40 bits per heavy atom. The van der Waals surface area contributed by atoms with Gasteiger partial charge in [-0.05, 0) is 49.9 Å². The number of hydrogen-bond acceptors (Lipinski definition) is 4. The molecule has 25 heavy (non-hydrogen) atoms. The minimum atomic E-state index is -4.82. The van der Waals surface area contributed by atoms with Crippen molar-refractivity contribution in [2.75, 3.05) is 6.61 Å². The topological polar surface area (TPSA) is 66.8 Å². The first-order valence-corrected chi connectivity index (χ1v) is 9.57. The molecule has 2 heterocycles. The zero-order chi connectivity index (χ0) is 18.5. The van der Waals surface area contributed by atoms with Crippen LogP contribution >= 0.6 is 0 Å². The van der Waals surface area contributed by atoms with Crippen LogP contribution in [0.15, 0.2) is 29.2 Å². The first-order valence-electron chi connectivity index (χ1n) is 8.13. The molecule has 0 radical (unpaired) electrons. The second-order valence-corrected chi connectivity index (χ2v) is 8.52. The Hall–Kier alpha value is -1.32. The van der Waals surface area contributed by atoms with Crippen molar-refractivity contribution in [1.29, 1.82) is 0 Å². The van der Waals surface area contributed by atoms with Crippen LogP contribution in [0.1, 0.15) is 32.6 Å². The lowest BCUT2D eigenvalue weighted by Gasteiger charge is -2.34. The summed E-state index contributed by atoms with van der Waals surface area (Å²) in [6.45, 7) is 1.86. The van der Waals surface area contributed by atoms with Crippen LogP contribution in [-0.4, -0.2) is 42.9 Å². The van der Waals surface area contributed by atoms with Crippen LogP contribution in [0.4, 0.5) is 13.2 Å². The Balaban J connectivity index is 1.88. The molecule has 5 nitrogen and oxygen atoms in total. The smallest absolute Gasteiger partial charge is 0.406 e. The molecular weight excluding hydrogens is 359 g/mol. The predicted molar refractivity (Wildman–Crippen MR) is 83.4 cm³/mol. The molecule has 140 valence electrons. The van der Waals surface area contributed by atoms with Crippen molar-refractivity contribution in [3.8, 4) is 5.75 Å². The molecule has 2 fully saturated rings. The second-order valence-electron chi connectivity index (χ2n) is 6.68. The zero-order valence-electron chi connectivity index (χ0n) is 13.7. The van der Waals surface area contributed by atoms with E-state index in [0.717, 1.165) is 30.7 Å². The summed E-state index contributed by atoms with van der Waals surface area (Å²) in [6, 6.07) is 3.80. The number of hydrogen-bond donors (Lipinski definition) is 1. The summed E-state index contributed by atoms with van der Waals surface area (Å²) in [5.74, 6) is -0.464. The molecule has 0 spiro atoms. The number of rotatable bonds is 5. The predicted octanol–water partition coefficient (Wildman–Crippen LogP) is 2.90. The van der Waals surface area contributed by atoms with Gasteiger partial charge in [0.1, 0.15) is 5.75 Å². The number of nitrogens with zero attached hydrogens (tertiary/aromatic N) is 1. The minimum Gasteiger partial charge on any atom is -0.406 e. The highest BCUT2D eigenvalue weighted by molar-refractivity contribution is 7.89. The molecule has 0 saturated carbocycles. The number of halogens is 3. The van der Waals surface area contributed by atoms with Crippen LogP contribution < -0.4 is 4.74 Å². The van der Waals surface area contributed by atoms with E-state index in [0.29, 0.717) is 19.3 Å². The molecule has 1 aromatic carbocycles. The zero-order valence-corrected chi connectivity index (χ0v) is 14.5. The Morgan fingerprint density at radius 2 is 1.92 bits per heavy atom. The van der Waals surface area contributed by atoms with Crippen LogP contribution in [0.3, 0.4) is 0 Å². The van der Waals surface area contributed by atoms with Crippen LogP contribution in [-0.2, 0) is 10.0 Å². The van der Waals surface area contributed by atoms with Gasteiger partial charge in [-0.1, -0.05) is 6.92 Å². The molecule has 3 atom stereocenters. The van der Waals surface area contributed by atoms with Crippen molar-refractivity contribution in [3.05, 3.63) is 24.3 Å². The van der Waals surface area contributed by atoms with Crippen molar-refractivity contribution >= 4 is 10.0 Å². The first-order chi connectivity index (χ1) is 11.6. The van der Waals surface area contributed by atoms with E-state index in [9.17, 15) is 26.7 Å². The lowest BCUT2D eigenvalue weighted by Crippen LogP contribution is -2.42. The summed E-state index contributed by atoms with van der Waals surface area (Å²) >= 11 is 0. The molecule has 9 heteroatoms.